The molecule has 2 atom stereocenters. The molecule has 25 heavy (non-hydrogen) atoms. The third kappa shape index (κ3) is 5.24. The van der Waals surface area contributed by atoms with Crippen LogP contribution in [-0.4, -0.2) is 35.1 Å². The van der Waals surface area contributed by atoms with Gasteiger partial charge in [0.15, 0.2) is 0 Å². The van der Waals surface area contributed by atoms with E-state index in [-0.39, 0.29) is 29.1 Å². The van der Waals surface area contributed by atoms with Gasteiger partial charge < -0.3 is 10.2 Å². The van der Waals surface area contributed by atoms with Crippen molar-refractivity contribution in [1.29, 1.82) is 0 Å². The van der Waals surface area contributed by atoms with Crippen molar-refractivity contribution in [2.24, 2.45) is 5.92 Å². The summed E-state index contributed by atoms with van der Waals surface area (Å²) in [6, 6.07) is 9.62. The zero-order valence-corrected chi connectivity index (χ0v) is 16.3. The standard InChI is InChI=1S/C20H30N2O2S/c1-4-5-6-10-13-21-18(23)17-14-25-20(16-11-8-7-9-12-16)22(17)19(24)15(2)3/h7-9,11-12,15,17,20H,4-6,10,13-14H2,1-3H3,(H,21,23)/t17-,20-/m0/s1. The van der Waals surface area contributed by atoms with Gasteiger partial charge in [0.1, 0.15) is 11.4 Å². The van der Waals surface area contributed by atoms with Crippen LogP contribution in [0.25, 0.3) is 0 Å². The number of thioether (sulfide) groups is 1. The van der Waals surface area contributed by atoms with Crippen molar-refractivity contribution in [2.75, 3.05) is 12.3 Å². The van der Waals surface area contributed by atoms with Gasteiger partial charge in [-0.2, -0.15) is 0 Å². The molecule has 1 fully saturated rings. The van der Waals surface area contributed by atoms with E-state index in [0.717, 1.165) is 18.4 Å². The van der Waals surface area contributed by atoms with Crippen molar-refractivity contribution in [2.45, 2.75) is 57.9 Å². The predicted molar refractivity (Wildman–Crippen MR) is 104 cm³/mol. The Morgan fingerprint density at radius 2 is 1.92 bits per heavy atom. The molecule has 5 heteroatoms. The summed E-state index contributed by atoms with van der Waals surface area (Å²) in [5.74, 6) is 0.560. The van der Waals surface area contributed by atoms with Gasteiger partial charge in [0.05, 0.1) is 0 Å². The highest BCUT2D eigenvalue weighted by Crippen LogP contribution is 2.42. The molecule has 2 rings (SSSR count). The lowest BCUT2D eigenvalue weighted by Crippen LogP contribution is -2.49. The van der Waals surface area contributed by atoms with Crippen molar-refractivity contribution < 1.29 is 9.59 Å². The molecule has 138 valence electrons. The summed E-state index contributed by atoms with van der Waals surface area (Å²) in [6.45, 7) is 6.66. The average Bonchev–Trinajstić information content (AvgIpc) is 3.06. The molecule has 1 aliphatic heterocycles. The fraction of sp³-hybridized carbons (Fsp3) is 0.600. The highest BCUT2D eigenvalue weighted by molar-refractivity contribution is 7.99. The number of nitrogens with one attached hydrogen (secondary N) is 1. The van der Waals surface area contributed by atoms with Gasteiger partial charge in [0, 0.05) is 18.2 Å². The fourth-order valence-corrected chi connectivity index (χ4v) is 4.47. The highest BCUT2D eigenvalue weighted by atomic mass is 32.2. The Kier molecular flexibility index (Phi) is 7.82. The minimum atomic E-state index is -0.378. The Morgan fingerprint density at radius 3 is 2.56 bits per heavy atom. The van der Waals surface area contributed by atoms with Crippen LogP contribution in [0.4, 0.5) is 0 Å². The molecule has 1 saturated heterocycles. The van der Waals surface area contributed by atoms with Crippen LogP contribution in [0.5, 0.6) is 0 Å². The Morgan fingerprint density at radius 1 is 1.20 bits per heavy atom. The van der Waals surface area contributed by atoms with E-state index < -0.39 is 0 Å². The molecular formula is C20H30N2O2S. The molecule has 1 N–H and O–H groups in total. The number of nitrogens with zero attached hydrogens (tertiary/aromatic N) is 1. The molecular weight excluding hydrogens is 332 g/mol. The van der Waals surface area contributed by atoms with E-state index in [2.05, 4.69) is 12.2 Å². The first-order valence-electron chi connectivity index (χ1n) is 9.32. The summed E-state index contributed by atoms with van der Waals surface area (Å²) in [5.41, 5.74) is 1.08. The van der Waals surface area contributed by atoms with Gasteiger partial charge in [-0.3, -0.25) is 9.59 Å². The van der Waals surface area contributed by atoms with E-state index >= 15 is 0 Å². The van der Waals surface area contributed by atoms with Crippen molar-refractivity contribution in [3.63, 3.8) is 0 Å². The largest absolute Gasteiger partial charge is 0.354 e. The zero-order chi connectivity index (χ0) is 18.2. The number of benzene rings is 1. The quantitative estimate of drug-likeness (QED) is 0.712. The first kappa shape index (κ1) is 19.8. The van der Waals surface area contributed by atoms with E-state index in [1.165, 1.54) is 12.8 Å². The molecule has 1 aliphatic rings. The summed E-state index contributed by atoms with van der Waals surface area (Å²) < 4.78 is 0. The van der Waals surface area contributed by atoms with Crippen molar-refractivity contribution in [1.82, 2.24) is 10.2 Å². The lowest BCUT2D eigenvalue weighted by atomic mass is 10.1. The van der Waals surface area contributed by atoms with Crippen LogP contribution in [0.2, 0.25) is 0 Å². The number of unbranched alkanes of at least 4 members (excludes halogenated alkanes) is 3. The Bertz CT molecular complexity index is 562. The maximum absolute atomic E-state index is 12.8. The van der Waals surface area contributed by atoms with Gasteiger partial charge >= 0.3 is 0 Å². The summed E-state index contributed by atoms with van der Waals surface area (Å²) in [4.78, 5) is 27.3. The fourth-order valence-electron chi connectivity index (χ4n) is 3.03. The summed E-state index contributed by atoms with van der Waals surface area (Å²) in [5, 5.41) is 2.96. The molecule has 1 heterocycles. The topological polar surface area (TPSA) is 49.4 Å². The van der Waals surface area contributed by atoms with Gasteiger partial charge in [-0.1, -0.05) is 70.4 Å². The summed E-state index contributed by atoms with van der Waals surface area (Å²) >= 11 is 1.68. The van der Waals surface area contributed by atoms with Crippen molar-refractivity contribution in [3.8, 4) is 0 Å². The monoisotopic (exact) mass is 362 g/mol. The summed E-state index contributed by atoms with van der Waals surface area (Å²) in [7, 11) is 0. The molecule has 1 aromatic rings. The third-order valence-electron chi connectivity index (χ3n) is 4.47. The van der Waals surface area contributed by atoms with Gasteiger partial charge in [0.25, 0.3) is 0 Å². The van der Waals surface area contributed by atoms with Crippen LogP contribution in [0.15, 0.2) is 30.3 Å². The molecule has 0 aliphatic carbocycles. The number of carbonyl (C=O) groups excluding carboxylic acids is 2. The minimum absolute atomic E-state index is 0.0172. The first-order valence-corrected chi connectivity index (χ1v) is 10.4. The van der Waals surface area contributed by atoms with Crippen LogP contribution in [-0.2, 0) is 9.59 Å². The average molecular weight is 363 g/mol. The van der Waals surface area contributed by atoms with E-state index in [1.807, 2.05) is 44.2 Å². The third-order valence-corrected chi connectivity index (χ3v) is 5.79. The Balaban J connectivity index is 2.06. The number of carbonyl (C=O) groups is 2. The van der Waals surface area contributed by atoms with Crippen molar-refractivity contribution >= 4 is 23.6 Å². The van der Waals surface area contributed by atoms with Crippen LogP contribution < -0.4 is 5.32 Å². The van der Waals surface area contributed by atoms with Gasteiger partial charge in [-0.15, -0.1) is 11.8 Å². The Hall–Kier alpha value is -1.49. The molecule has 2 amide bonds. The van der Waals surface area contributed by atoms with Gasteiger partial charge in [-0.05, 0) is 12.0 Å². The molecule has 0 radical (unpaired) electrons. The van der Waals surface area contributed by atoms with Gasteiger partial charge in [-0.25, -0.2) is 0 Å². The second-order valence-electron chi connectivity index (χ2n) is 6.86. The number of hydrogen-bond donors (Lipinski definition) is 1. The molecule has 0 bridgehead atoms. The molecule has 0 spiro atoms. The number of amides is 2. The highest BCUT2D eigenvalue weighted by Gasteiger charge is 2.42. The number of rotatable bonds is 8. The minimum Gasteiger partial charge on any atom is -0.354 e. The summed E-state index contributed by atoms with van der Waals surface area (Å²) in [6.07, 6.45) is 4.52. The normalized spacial score (nSPS) is 20.1. The maximum Gasteiger partial charge on any atom is 0.243 e. The molecule has 4 nitrogen and oxygen atoms in total. The maximum atomic E-state index is 12.8. The van der Waals surface area contributed by atoms with E-state index in [9.17, 15) is 9.59 Å². The molecule has 0 saturated carbocycles. The van der Waals surface area contributed by atoms with Crippen LogP contribution >= 0.6 is 11.8 Å². The van der Waals surface area contributed by atoms with Crippen LogP contribution in [0.3, 0.4) is 0 Å². The lowest BCUT2D eigenvalue weighted by Gasteiger charge is -2.30. The second-order valence-corrected chi connectivity index (χ2v) is 7.98. The smallest absolute Gasteiger partial charge is 0.243 e. The van der Waals surface area contributed by atoms with E-state index in [0.29, 0.717) is 12.3 Å². The Labute approximate surface area is 155 Å². The molecule has 1 aromatic carbocycles. The van der Waals surface area contributed by atoms with E-state index in [4.69, 9.17) is 0 Å². The molecule has 0 unspecified atom stereocenters. The predicted octanol–water partition coefficient (Wildman–Crippen LogP) is 3.98. The van der Waals surface area contributed by atoms with E-state index in [1.54, 1.807) is 16.7 Å². The van der Waals surface area contributed by atoms with Crippen molar-refractivity contribution in [3.05, 3.63) is 35.9 Å². The number of hydrogen-bond acceptors (Lipinski definition) is 3. The van der Waals surface area contributed by atoms with Crippen LogP contribution in [0, 0.1) is 5.92 Å². The lowest BCUT2D eigenvalue weighted by molar-refractivity contribution is -0.142. The zero-order valence-electron chi connectivity index (χ0n) is 15.5. The SMILES string of the molecule is CCCCCCNC(=O)[C@@H]1CS[C@@H](c2ccccc2)N1C(=O)C(C)C. The second kappa shape index (κ2) is 9.85. The first-order chi connectivity index (χ1) is 12.1. The van der Waals surface area contributed by atoms with Gasteiger partial charge in [0.2, 0.25) is 11.8 Å². The van der Waals surface area contributed by atoms with Crippen LogP contribution in [0.1, 0.15) is 57.4 Å². The molecule has 0 aromatic heterocycles.